The van der Waals surface area contributed by atoms with Crippen molar-refractivity contribution in [2.45, 2.75) is 57.5 Å². The van der Waals surface area contributed by atoms with Crippen LogP contribution in [0.15, 0.2) is 84.9 Å². The molecule has 0 aliphatic carbocycles. The van der Waals surface area contributed by atoms with E-state index >= 15 is 0 Å². The minimum Gasteiger partial charge on any atom is -0.497 e. The van der Waals surface area contributed by atoms with Crippen molar-refractivity contribution in [1.82, 2.24) is 0 Å². The Kier molecular flexibility index (Phi) is 8.68. The van der Waals surface area contributed by atoms with Gasteiger partial charge in [0, 0.05) is 0 Å². The maximum absolute atomic E-state index is 10.7. The first-order chi connectivity index (χ1) is 16.6. The number of hydrogen-bond acceptors (Lipinski definition) is 6. The van der Waals surface area contributed by atoms with Gasteiger partial charge in [-0.25, -0.2) is 0 Å². The van der Waals surface area contributed by atoms with E-state index in [1.165, 1.54) is 0 Å². The summed E-state index contributed by atoms with van der Waals surface area (Å²) in [5.74, 6) is 0.791. The first-order valence-electron chi connectivity index (χ1n) is 11.5. The summed E-state index contributed by atoms with van der Waals surface area (Å²) in [6, 6.07) is 27.5. The quantitative estimate of drug-likeness (QED) is 0.477. The van der Waals surface area contributed by atoms with E-state index in [2.05, 4.69) is 0 Å². The van der Waals surface area contributed by atoms with Gasteiger partial charge in [-0.3, -0.25) is 0 Å². The molecule has 0 bridgehead atoms. The van der Waals surface area contributed by atoms with Crippen LogP contribution >= 0.6 is 0 Å². The van der Waals surface area contributed by atoms with Gasteiger partial charge in [-0.1, -0.05) is 72.8 Å². The molecule has 3 aromatic carbocycles. The van der Waals surface area contributed by atoms with Gasteiger partial charge in [0.25, 0.3) is 0 Å². The number of aliphatic hydroxyl groups excluding tert-OH is 1. The Balaban J connectivity index is 1.49. The average Bonchev–Trinajstić information content (AvgIpc) is 2.88. The Morgan fingerprint density at radius 2 is 1.12 bits per heavy atom. The van der Waals surface area contributed by atoms with Crippen LogP contribution in [-0.4, -0.2) is 42.9 Å². The van der Waals surface area contributed by atoms with Gasteiger partial charge in [-0.05, 0) is 35.7 Å². The molecule has 6 heteroatoms. The minimum atomic E-state index is -1.12. The molecule has 1 fully saturated rings. The van der Waals surface area contributed by atoms with Gasteiger partial charge in [0.2, 0.25) is 0 Å². The number of benzene rings is 3. The third kappa shape index (κ3) is 6.44. The fourth-order valence-corrected chi connectivity index (χ4v) is 4.04. The molecule has 3 aromatic rings. The highest BCUT2D eigenvalue weighted by Gasteiger charge is 2.46. The summed E-state index contributed by atoms with van der Waals surface area (Å²) in [6.07, 6.45) is -3.18. The fraction of sp³-hybridized carbons (Fsp3) is 0.357. The standard InChI is InChI=1S/C28H32O6/c1-20-25(31-19-23-13-15-24(30-2)16-14-23)26(32-17-21-9-5-3-6-10-21)27(28(29)34-20)33-18-22-11-7-4-8-12-22/h3-16,20,25-29H,17-19H2,1-2H3/t20-,25-,26+,27+,28+/m0/s1. The van der Waals surface area contributed by atoms with Crippen molar-refractivity contribution in [2.75, 3.05) is 7.11 Å². The van der Waals surface area contributed by atoms with E-state index in [4.69, 9.17) is 23.7 Å². The maximum Gasteiger partial charge on any atom is 0.184 e. The molecule has 1 aliphatic rings. The largest absolute Gasteiger partial charge is 0.497 e. The molecular formula is C28H32O6. The molecule has 0 amide bonds. The summed E-state index contributed by atoms with van der Waals surface area (Å²) in [4.78, 5) is 0. The molecule has 0 aromatic heterocycles. The highest BCUT2D eigenvalue weighted by atomic mass is 16.7. The van der Waals surface area contributed by atoms with Gasteiger partial charge in [0.05, 0.1) is 33.0 Å². The van der Waals surface area contributed by atoms with Crippen molar-refractivity contribution in [3.8, 4) is 5.75 Å². The number of ether oxygens (including phenoxy) is 5. The summed E-state index contributed by atoms with van der Waals surface area (Å²) in [7, 11) is 1.64. The second-order valence-corrected chi connectivity index (χ2v) is 8.38. The van der Waals surface area contributed by atoms with Gasteiger partial charge >= 0.3 is 0 Å². The SMILES string of the molecule is COc1ccc(CO[C@@H]2[C@@H](OCc3ccccc3)[C@@H](OCc3ccccc3)[C@H](O)O[C@H]2C)cc1. The second-order valence-electron chi connectivity index (χ2n) is 8.38. The van der Waals surface area contributed by atoms with Gasteiger partial charge in [-0.2, -0.15) is 0 Å². The molecule has 1 saturated heterocycles. The first kappa shape index (κ1) is 24.4. The van der Waals surface area contributed by atoms with Crippen LogP contribution in [0.1, 0.15) is 23.6 Å². The zero-order chi connectivity index (χ0) is 23.8. The Labute approximate surface area is 201 Å². The summed E-state index contributed by atoms with van der Waals surface area (Å²) in [6.45, 7) is 2.96. The van der Waals surface area contributed by atoms with Gasteiger partial charge < -0.3 is 28.8 Å². The van der Waals surface area contributed by atoms with Crippen LogP contribution in [0, 0.1) is 0 Å². The van der Waals surface area contributed by atoms with E-state index in [9.17, 15) is 5.11 Å². The molecule has 1 heterocycles. The summed E-state index contributed by atoms with van der Waals surface area (Å²) >= 11 is 0. The molecule has 0 radical (unpaired) electrons. The molecular weight excluding hydrogens is 432 g/mol. The van der Waals surface area contributed by atoms with Crippen LogP contribution in [0.25, 0.3) is 0 Å². The molecule has 5 atom stereocenters. The molecule has 0 spiro atoms. The fourth-order valence-electron chi connectivity index (χ4n) is 4.04. The molecule has 4 rings (SSSR count). The molecule has 180 valence electrons. The smallest absolute Gasteiger partial charge is 0.184 e. The van der Waals surface area contributed by atoms with Crippen molar-refractivity contribution in [1.29, 1.82) is 0 Å². The first-order valence-corrected chi connectivity index (χ1v) is 11.5. The highest BCUT2D eigenvalue weighted by molar-refractivity contribution is 5.26. The lowest BCUT2D eigenvalue weighted by Gasteiger charge is -2.43. The van der Waals surface area contributed by atoms with Crippen molar-refractivity contribution < 1.29 is 28.8 Å². The molecule has 1 aliphatic heterocycles. The Hall–Kier alpha value is -2.74. The van der Waals surface area contributed by atoms with Crippen LogP contribution in [0.5, 0.6) is 5.75 Å². The highest BCUT2D eigenvalue weighted by Crippen LogP contribution is 2.29. The van der Waals surface area contributed by atoms with E-state index in [0.29, 0.717) is 19.8 Å². The Bertz CT molecular complexity index is 979. The lowest BCUT2D eigenvalue weighted by Crippen LogP contribution is -2.59. The second kappa shape index (κ2) is 12.1. The zero-order valence-corrected chi connectivity index (χ0v) is 19.6. The van der Waals surface area contributed by atoms with E-state index in [1.54, 1.807) is 7.11 Å². The minimum absolute atomic E-state index is 0.330. The van der Waals surface area contributed by atoms with Gasteiger partial charge in [-0.15, -0.1) is 0 Å². The molecule has 1 N–H and O–H groups in total. The van der Waals surface area contributed by atoms with Crippen molar-refractivity contribution in [3.05, 3.63) is 102 Å². The van der Waals surface area contributed by atoms with Gasteiger partial charge in [0.1, 0.15) is 24.1 Å². The zero-order valence-electron chi connectivity index (χ0n) is 19.6. The van der Waals surface area contributed by atoms with Crippen LogP contribution in [0.4, 0.5) is 0 Å². The van der Waals surface area contributed by atoms with E-state index in [1.807, 2.05) is 91.9 Å². The van der Waals surface area contributed by atoms with Gasteiger partial charge in [0.15, 0.2) is 6.29 Å². The third-order valence-electron chi connectivity index (χ3n) is 5.92. The predicted molar refractivity (Wildman–Crippen MR) is 128 cm³/mol. The van der Waals surface area contributed by atoms with Crippen LogP contribution in [0.2, 0.25) is 0 Å². The molecule has 0 saturated carbocycles. The lowest BCUT2D eigenvalue weighted by molar-refractivity contribution is -0.308. The monoisotopic (exact) mass is 464 g/mol. The Morgan fingerprint density at radius 3 is 1.65 bits per heavy atom. The van der Waals surface area contributed by atoms with E-state index in [0.717, 1.165) is 22.4 Å². The van der Waals surface area contributed by atoms with E-state index in [-0.39, 0.29) is 6.10 Å². The van der Waals surface area contributed by atoms with Crippen LogP contribution < -0.4 is 4.74 Å². The normalized spacial score (nSPS) is 24.6. The molecule has 34 heavy (non-hydrogen) atoms. The average molecular weight is 465 g/mol. The van der Waals surface area contributed by atoms with Crippen molar-refractivity contribution in [2.24, 2.45) is 0 Å². The topological polar surface area (TPSA) is 66.4 Å². The molecule has 6 nitrogen and oxygen atoms in total. The number of methoxy groups -OCH3 is 1. The van der Waals surface area contributed by atoms with Crippen LogP contribution in [-0.2, 0) is 38.8 Å². The summed E-state index contributed by atoms with van der Waals surface area (Å²) < 4.78 is 29.8. The summed E-state index contributed by atoms with van der Waals surface area (Å²) in [5, 5.41) is 10.7. The number of aliphatic hydroxyl groups is 1. The van der Waals surface area contributed by atoms with Crippen molar-refractivity contribution >= 4 is 0 Å². The number of rotatable bonds is 10. The lowest BCUT2D eigenvalue weighted by atomic mass is 9.98. The number of hydrogen-bond donors (Lipinski definition) is 1. The third-order valence-corrected chi connectivity index (χ3v) is 5.92. The predicted octanol–water partition coefficient (Wildman–Crippen LogP) is 4.49. The molecule has 0 unspecified atom stereocenters. The van der Waals surface area contributed by atoms with Crippen molar-refractivity contribution in [3.63, 3.8) is 0 Å². The van der Waals surface area contributed by atoms with E-state index < -0.39 is 24.6 Å². The van der Waals surface area contributed by atoms with Crippen LogP contribution in [0.3, 0.4) is 0 Å². The summed E-state index contributed by atoms with van der Waals surface area (Å²) in [5.41, 5.74) is 3.04. The maximum atomic E-state index is 10.7. The Morgan fingerprint density at radius 1 is 0.647 bits per heavy atom.